The second-order valence-electron chi connectivity index (χ2n) is 3.23. The number of carbonyl (C=O) groups excluding carboxylic acids is 1. The van der Waals surface area contributed by atoms with Crippen LogP contribution in [-0.4, -0.2) is 24.3 Å². The van der Waals surface area contributed by atoms with Gasteiger partial charge in [-0.15, -0.1) is 0 Å². The molecule has 3 heteroatoms. The van der Waals surface area contributed by atoms with Crippen molar-refractivity contribution in [2.75, 3.05) is 7.11 Å². The van der Waals surface area contributed by atoms with Crippen molar-refractivity contribution in [1.82, 2.24) is 0 Å². The maximum atomic E-state index is 11.0. The molecule has 0 radical (unpaired) electrons. The number of rotatable bonds is 1. The molecule has 1 rings (SSSR count). The SMILES string of the molecule is COC(=O)[C@H]1CC(O)C[C@@H]1C. The van der Waals surface area contributed by atoms with Crippen molar-refractivity contribution in [3.8, 4) is 0 Å². The van der Waals surface area contributed by atoms with Crippen LogP contribution in [0.2, 0.25) is 0 Å². The Hall–Kier alpha value is -0.570. The van der Waals surface area contributed by atoms with E-state index in [-0.39, 0.29) is 23.9 Å². The molecular formula is C8H14O3. The Morgan fingerprint density at radius 1 is 1.55 bits per heavy atom. The molecule has 1 aliphatic carbocycles. The monoisotopic (exact) mass is 158 g/mol. The Kier molecular flexibility index (Phi) is 2.49. The normalized spacial score (nSPS) is 37.2. The van der Waals surface area contributed by atoms with Gasteiger partial charge in [0.05, 0.1) is 19.1 Å². The maximum Gasteiger partial charge on any atom is 0.309 e. The lowest BCUT2D eigenvalue weighted by atomic mass is 9.99. The summed E-state index contributed by atoms with van der Waals surface area (Å²) in [4.78, 5) is 11.0. The minimum Gasteiger partial charge on any atom is -0.469 e. The van der Waals surface area contributed by atoms with Crippen LogP contribution >= 0.6 is 0 Å². The van der Waals surface area contributed by atoms with Crippen molar-refractivity contribution in [2.45, 2.75) is 25.9 Å². The van der Waals surface area contributed by atoms with Gasteiger partial charge in [0.2, 0.25) is 0 Å². The van der Waals surface area contributed by atoms with E-state index in [4.69, 9.17) is 0 Å². The van der Waals surface area contributed by atoms with Crippen molar-refractivity contribution < 1.29 is 14.6 Å². The molecule has 64 valence electrons. The molecule has 0 aliphatic heterocycles. The first-order valence-electron chi connectivity index (χ1n) is 3.91. The molecule has 0 amide bonds. The molecule has 0 bridgehead atoms. The predicted octanol–water partition coefficient (Wildman–Crippen LogP) is 0.566. The number of carbonyl (C=O) groups is 1. The van der Waals surface area contributed by atoms with E-state index in [1.807, 2.05) is 6.92 Å². The van der Waals surface area contributed by atoms with Crippen molar-refractivity contribution >= 4 is 5.97 Å². The van der Waals surface area contributed by atoms with Crippen LogP contribution in [0.5, 0.6) is 0 Å². The summed E-state index contributed by atoms with van der Waals surface area (Å²) >= 11 is 0. The van der Waals surface area contributed by atoms with Gasteiger partial charge in [0.15, 0.2) is 0 Å². The summed E-state index contributed by atoms with van der Waals surface area (Å²) in [5, 5.41) is 9.21. The Morgan fingerprint density at radius 2 is 2.18 bits per heavy atom. The third-order valence-corrected chi connectivity index (χ3v) is 2.36. The van der Waals surface area contributed by atoms with Crippen molar-refractivity contribution in [2.24, 2.45) is 11.8 Å². The molecule has 11 heavy (non-hydrogen) atoms. The van der Waals surface area contributed by atoms with E-state index in [0.717, 1.165) is 6.42 Å². The predicted molar refractivity (Wildman–Crippen MR) is 39.9 cm³/mol. The number of methoxy groups -OCH3 is 1. The van der Waals surface area contributed by atoms with Gasteiger partial charge in [-0.2, -0.15) is 0 Å². The van der Waals surface area contributed by atoms with Gasteiger partial charge in [-0.1, -0.05) is 6.92 Å². The highest BCUT2D eigenvalue weighted by molar-refractivity contribution is 5.73. The molecular weight excluding hydrogens is 144 g/mol. The highest BCUT2D eigenvalue weighted by atomic mass is 16.5. The molecule has 0 saturated heterocycles. The fraction of sp³-hybridized carbons (Fsp3) is 0.875. The summed E-state index contributed by atoms with van der Waals surface area (Å²) in [5.41, 5.74) is 0. The lowest BCUT2D eigenvalue weighted by Crippen LogP contribution is -2.18. The summed E-state index contributed by atoms with van der Waals surface area (Å²) in [6, 6.07) is 0. The third kappa shape index (κ3) is 1.71. The van der Waals surface area contributed by atoms with Crippen LogP contribution in [0.25, 0.3) is 0 Å². The second-order valence-corrected chi connectivity index (χ2v) is 3.23. The van der Waals surface area contributed by atoms with Gasteiger partial charge in [-0.25, -0.2) is 0 Å². The molecule has 1 fully saturated rings. The summed E-state index contributed by atoms with van der Waals surface area (Å²) in [6.07, 6.45) is 0.974. The van der Waals surface area contributed by atoms with Crippen LogP contribution in [0.15, 0.2) is 0 Å². The van der Waals surface area contributed by atoms with Gasteiger partial charge < -0.3 is 9.84 Å². The van der Waals surface area contributed by atoms with E-state index >= 15 is 0 Å². The van der Waals surface area contributed by atoms with Crippen molar-refractivity contribution in [3.05, 3.63) is 0 Å². The first kappa shape index (κ1) is 8.53. The van der Waals surface area contributed by atoms with Gasteiger partial charge in [-0.05, 0) is 18.8 Å². The molecule has 1 unspecified atom stereocenters. The molecule has 1 N–H and O–H groups in total. The number of esters is 1. The van der Waals surface area contributed by atoms with E-state index < -0.39 is 0 Å². The number of ether oxygens (including phenoxy) is 1. The topological polar surface area (TPSA) is 46.5 Å². The Bertz CT molecular complexity index is 155. The molecule has 3 atom stereocenters. The van der Waals surface area contributed by atoms with Crippen LogP contribution in [0.1, 0.15) is 19.8 Å². The zero-order valence-corrected chi connectivity index (χ0v) is 6.91. The molecule has 1 saturated carbocycles. The average molecular weight is 158 g/mol. The number of hydrogen-bond donors (Lipinski definition) is 1. The number of hydrogen-bond acceptors (Lipinski definition) is 3. The van der Waals surface area contributed by atoms with E-state index in [9.17, 15) is 9.90 Å². The zero-order chi connectivity index (χ0) is 8.43. The standard InChI is InChI=1S/C8H14O3/c1-5-3-6(9)4-7(5)8(10)11-2/h5-7,9H,3-4H2,1-2H3/t5-,6?,7-/m0/s1. The quantitative estimate of drug-likeness (QED) is 0.567. The van der Waals surface area contributed by atoms with Gasteiger partial charge >= 0.3 is 5.97 Å². The number of aliphatic hydroxyl groups excluding tert-OH is 1. The largest absolute Gasteiger partial charge is 0.469 e. The minimum absolute atomic E-state index is 0.0880. The Balaban J connectivity index is 2.52. The van der Waals surface area contributed by atoms with Crippen LogP contribution in [0.4, 0.5) is 0 Å². The third-order valence-electron chi connectivity index (χ3n) is 2.36. The second kappa shape index (κ2) is 3.22. The Labute approximate surface area is 66.4 Å². The summed E-state index contributed by atoms with van der Waals surface area (Å²) in [6.45, 7) is 1.97. The fourth-order valence-corrected chi connectivity index (χ4v) is 1.69. The molecule has 0 aromatic carbocycles. The maximum absolute atomic E-state index is 11.0. The van der Waals surface area contributed by atoms with Crippen LogP contribution in [0, 0.1) is 11.8 Å². The van der Waals surface area contributed by atoms with E-state index in [1.165, 1.54) is 7.11 Å². The zero-order valence-electron chi connectivity index (χ0n) is 6.91. The fourth-order valence-electron chi connectivity index (χ4n) is 1.69. The first-order valence-corrected chi connectivity index (χ1v) is 3.91. The first-order chi connectivity index (χ1) is 5.15. The van der Waals surface area contributed by atoms with E-state index in [1.54, 1.807) is 0 Å². The van der Waals surface area contributed by atoms with Crippen molar-refractivity contribution in [1.29, 1.82) is 0 Å². The Morgan fingerprint density at radius 3 is 2.55 bits per heavy atom. The average Bonchev–Trinajstić information content (AvgIpc) is 2.28. The highest BCUT2D eigenvalue weighted by Gasteiger charge is 2.35. The molecule has 3 nitrogen and oxygen atoms in total. The van der Waals surface area contributed by atoms with E-state index in [0.29, 0.717) is 6.42 Å². The minimum atomic E-state index is -0.311. The highest BCUT2D eigenvalue weighted by Crippen LogP contribution is 2.32. The molecule has 0 aromatic rings. The summed E-state index contributed by atoms with van der Waals surface area (Å²) < 4.78 is 4.60. The van der Waals surface area contributed by atoms with Crippen LogP contribution in [-0.2, 0) is 9.53 Å². The van der Waals surface area contributed by atoms with E-state index in [2.05, 4.69) is 4.74 Å². The van der Waals surface area contributed by atoms with Gasteiger partial charge in [-0.3, -0.25) is 4.79 Å². The molecule has 1 aliphatic rings. The summed E-state index contributed by atoms with van der Waals surface area (Å²) in [7, 11) is 1.39. The molecule has 0 heterocycles. The molecule has 0 aromatic heterocycles. The number of aliphatic hydroxyl groups is 1. The van der Waals surface area contributed by atoms with Gasteiger partial charge in [0.1, 0.15) is 0 Å². The smallest absolute Gasteiger partial charge is 0.309 e. The molecule has 0 spiro atoms. The van der Waals surface area contributed by atoms with Crippen LogP contribution < -0.4 is 0 Å². The van der Waals surface area contributed by atoms with Crippen molar-refractivity contribution in [3.63, 3.8) is 0 Å². The van der Waals surface area contributed by atoms with Gasteiger partial charge in [0, 0.05) is 0 Å². The lowest BCUT2D eigenvalue weighted by Gasteiger charge is -2.10. The summed E-state index contributed by atoms with van der Waals surface area (Å²) in [5.74, 6) is -0.0125. The van der Waals surface area contributed by atoms with Gasteiger partial charge in [0.25, 0.3) is 0 Å². The van der Waals surface area contributed by atoms with Crippen LogP contribution in [0.3, 0.4) is 0 Å². The lowest BCUT2D eigenvalue weighted by molar-refractivity contribution is -0.146.